The lowest BCUT2D eigenvalue weighted by Crippen LogP contribution is -2.42. The maximum atomic E-state index is 13.5. The third-order valence-corrected chi connectivity index (χ3v) is 6.20. The molecule has 0 rings (SSSR count). The fourth-order valence-electron chi connectivity index (χ4n) is 2.72. The largest absolute Gasteiger partial charge is 0.462 e. The molecule has 0 radical (unpaired) electrons. The van der Waals surface area contributed by atoms with Gasteiger partial charge in [0.05, 0.1) is 37.4 Å². The minimum absolute atomic E-state index is 0.412. The minimum Gasteiger partial charge on any atom is -0.462 e. The van der Waals surface area contributed by atoms with E-state index in [1.54, 1.807) is 34.6 Å². The molecule has 1 unspecified atom stereocenters. The Labute approximate surface area is 277 Å². The first-order valence-electron chi connectivity index (χ1n) is 14.8. The highest BCUT2D eigenvalue weighted by molar-refractivity contribution is 5.83. The summed E-state index contributed by atoms with van der Waals surface area (Å²) < 4.78 is 132. The number of rotatable bonds is 20. The van der Waals surface area contributed by atoms with Crippen LogP contribution >= 0.6 is 0 Å². The number of hydrogen-bond acceptors (Lipinski definition) is 12. The van der Waals surface area contributed by atoms with Crippen LogP contribution in [0.1, 0.15) is 74.1 Å². The Bertz CT molecular complexity index is 1110. The normalized spacial score (nSPS) is 12.8. The first-order chi connectivity index (χ1) is 22.3. The minimum atomic E-state index is -4.61. The summed E-state index contributed by atoms with van der Waals surface area (Å²) in [6.45, 7) is 7.42. The van der Waals surface area contributed by atoms with E-state index < -0.39 is 123 Å². The number of carbonyl (C=O) groups is 6. The molecule has 0 N–H and O–H groups in total. The smallest absolute Gasteiger partial charge is 0.377 e. The van der Waals surface area contributed by atoms with E-state index in [9.17, 15) is 63.9 Å². The highest BCUT2D eigenvalue weighted by Gasteiger charge is 2.56. The number of esters is 6. The average molecular weight is 735 g/mol. The van der Waals surface area contributed by atoms with Crippen LogP contribution in [0, 0.1) is 11.3 Å². The molecule has 0 heterocycles. The van der Waals surface area contributed by atoms with Crippen LogP contribution in [0.3, 0.4) is 0 Å². The van der Waals surface area contributed by atoms with Crippen molar-refractivity contribution in [2.75, 3.05) is 39.6 Å². The van der Waals surface area contributed by atoms with Crippen molar-refractivity contribution in [1.82, 2.24) is 0 Å². The Hall–Kier alpha value is -3.74. The molecule has 0 bridgehead atoms. The first-order valence-corrected chi connectivity index (χ1v) is 14.8. The topological polar surface area (TPSA) is 158 Å². The molecule has 0 aliphatic carbocycles. The van der Waals surface area contributed by atoms with Crippen LogP contribution in [0.4, 0.5) is 35.1 Å². The van der Waals surface area contributed by atoms with E-state index in [2.05, 4.69) is 23.7 Å². The van der Waals surface area contributed by atoms with Crippen LogP contribution in [-0.2, 0) is 57.2 Å². The third-order valence-electron chi connectivity index (χ3n) is 6.20. The van der Waals surface area contributed by atoms with E-state index in [0.29, 0.717) is 12.8 Å². The van der Waals surface area contributed by atoms with Crippen molar-refractivity contribution in [3.63, 3.8) is 0 Å². The van der Waals surface area contributed by atoms with Gasteiger partial charge in [-0.2, -0.15) is 35.1 Å². The molecular formula is C29H42F8O12. The summed E-state index contributed by atoms with van der Waals surface area (Å²) in [6, 6.07) is 0. The fraction of sp³-hybridized carbons (Fsp3) is 0.793. The molecule has 0 saturated heterocycles. The Balaban J connectivity index is 0. The highest BCUT2D eigenvalue weighted by atomic mass is 19.3. The van der Waals surface area contributed by atoms with Crippen molar-refractivity contribution in [3.8, 4) is 0 Å². The van der Waals surface area contributed by atoms with Gasteiger partial charge in [-0.25, -0.2) is 19.2 Å². The van der Waals surface area contributed by atoms with Crippen molar-refractivity contribution in [3.05, 3.63) is 0 Å². The molecule has 0 spiro atoms. The molecular weight excluding hydrogens is 692 g/mol. The van der Waals surface area contributed by atoms with Gasteiger partial charge in [-0.05, 0) is 40.5 Å². The second kappa shape index (κ2) is 20.7. The van der Waals surface area contributed by atoms with Crippen LogP contribution in [0.15, 0.2) is 0 Å². The number of halogens is 8. The standard InChI is InChI=1S/C15H22F4O6.C14H20F4O6/c1-5-13(3,4)10(20)24-7-8-25-12(22)15(18,19)9-14(16,17)11(21)23-6-2;1-4-9(3)10(19)23-6-7-24-12(21)14(17,18)8-13(15,16)11(20)22-5-2/h5-9H2,1-4H3;9H,4-8H2,1-3H3. The summed E-state index contributed by atoms with van der Waals surface area (Å²) in [7, 11) is 0. The third kappa shape index (κ3) is 17.5. The number of carbonyl (C=O) groups excluding carboxylic acids is 6. The van der Waals surface area contributed by atoms with Gasteiger partial charge in [0.1, 0.15) is 26.4 Å². The fourth-order valence-corrected chi connectivity index (χ4v) is 2.72. The molecule has 0 aromatic carbocycles. The van der Waals surface area contributed by atoms with E-state index in [-0.39, 0.29) is 0 Å². The monoisotopic (exact) mass is 734 g/mol. The van der Waals surface area contributed by atoms with Crippen LogP contribution in [0.5, 0.6) is 0 Å². The van der Waals surface area contributed by atoms with Crippen LogP contribution in [0.2, 0.25) is 0 Å². The molecule has 286 valence electrons. The van der Waals surface area contributed by atoms with E-state index in [1.165, 1.54) is 13.8 Å². The van der Waals surface area contributed by atoms with Gasteiger partial charge in [0.2, 0.25) is 0 Å². The maximum absolute atomic E-state index is 13.5. The predicted molar refractivity (Wildman–Crippen MR) is 150 cm³/mol. The molecule has 49 heavy (non-hydrogen) atoms. The second-order valence-corrected chi connectivity index (χ2v) is 10.7. The molecule has 12 nitrogen and oxygen atoms in total. The summed E-state index contributed by atoms with van der Waals surface area (Å²) >= 11 is 0. The predicted octanol–water partition coefficient (Wildman–Crippen LogP) is 5.08. The van der Waals surface area contributed by atoms with Gasteiger partial charge in [-0.3, -0.25) is 9.59 Å². The van der Waals surface area contributed by atoms with Gasteiger partial charge >= 0.3 is 59.5 Å². The molecule has 0 aromatic heterocycles. The van der Waals surface area contributed by atoms with Crippen LogP contribution in [0.25, 0.3) is 0 Å². The lowest BCUT2D eigenvalue weighted by atomic mass is 9.91. The Morgan fingerprint density at radius 3 is 1.06 bits per heavy atom. The van der Waals surface area contributed by atoms with Crippen molar-refractivity contribution < 1.29 is 92.3 Å². The van der Waals surface area contributed by atoms with Crippen LogP contribution in [-0.4, -0.2) is 99.1 Å². The van der Waals surface area contributed by atoms with Gasteiger partial charge < -0.3 is 28.4 Å². The average Bonchev–Trinajstić information content (AvgIpc) is 2.99. The number of hydrogen-bond donors (Lipinski definition) is 0. The van der Waals surface area contributed by atoms with Gasteiger partial charge in [-0.15, -0.1) is 0 Å². The second-order valence-electron chi connectivity index (χ2n) is 10.7. The Morgan fingerprint density at radius 1 is 0.490 bits per heavy atom. The summed E-state index contributed by atoms with van der Waals surface area (Å²) in [5, 5.41) is 0. The zero-order valence-corrected chi connectivity index (χ0v) is 28.1. The Morgan fingerprint density at radius 2 is 0.776 bits per heavy atom. The van der Waals surface area contributed by atoms with Crippen molar-refractivity contribution in [1.29, 1.82) is 0 Å². The maximum Gasteiger partial charge on any atom is 0.377 e. The lowest BCUT2D eigenvalue weighted by Gasteiger charge is -2.21. The lowest BCUT2D eigenvalue weighted by molar-refractivity contribution is -0.197. The van der Waals surface area contributed by atoms with E-state index in [1.807, 2.05) is 0 Å². The molecule has 20 heteroatoms. The number of alkyl halides is 8. The highest BCUT2D eigenvalue weighted by Crippen LogP contribution is 2.34. The molecule has 0 fully saturated rings. The van der Waals surface area contributed by atoms with Crippen molar-refractivity contribution >= 4 is 35.8 Å². The zero-order valence-electron chi connectivity index (χ0n) is 28.1. The van der Waals surface area contributed by atoms with E-state index >= 15 is 0 Å². The quantitative estimate of drug-likeness (QED) is 0.0709. The zero-order chi connectivity index (χ0) is 38.9. The molecule has 0 saturated carbocycles. The molecule has 0 aliphatic heterocycles. The molecule has 1 atom stereocenters. The number of ether oxygens (including phenoxy) is 6. The summed E-state index contributed by atoms with van der Waals surface area (Å²) in [5.41, 5.74) is -0.796. The van der Waals surface area contributed by atoms with Gasteiger partial charge in [0, 0.05) is 0 Å². The van der Waals surface area contributed by atoms with Gasteiger partial charge in [-0.1, -0.05) is 20.8 Å². The molecule has 0 aliphatic rings. The van der Waals surface area contributed by atoms with E-state index in [0.717, 1.165) is 0 Å². The summed E-state index contributed by atoms with van der Waals surface area (Å²) in [4.78, 5) is 67.0. The van der Waals surface area contributed by atoms with Gasteiger partial charge in [0.15, 0.2) is 0 Å². The van der Waals surface area contributed by atoms with Crippen molar-refractivity contribution in [2.24, 2.45) is 11.3 Å². The summed E-state index contributed by atoms with van der Waals surface area (Å²) in [6.07, 6.45) is -3.78. The Kier molecular flexibility index (Phi) is 20.0. The molecule has 0 amide bonds. The molecule has 0 aromatic rings. The SMILES string of the molecule is CCOC(=O)C(F)(F)CC(F)(F)C(=O)OCCOC(=O)C(C)(C)CC.CCOC(=O)C(F)(F)CC(F)(F)C(=O)OCCOC(=O)C(C)CC. The van der Waals surface area contributed by atoms with Gasteiger partial charge in [0.25, 0.3) is 0 Å². The van der Waals surface area contributed by atoms with Crippen molar-refractivity contribution in [2.45, 2.75) is 97.8 Å². The van der Waals surface area contributed by atoms with E-state index in [4.69, 9.17) is 4.74 Å². The first kappa shape index (κ1) is 47.4. The van der Waals surface area contributed by atoms with Crippen LogP contribution < -0.4 is 0 Å². The summed E-state index contributed by atoms with van der Waals surface area (Å²) in [5.74, 6) is -28.7.